The minimum Gasteiger partial charge on any atom is -0.382 e. The summed E-state index contributed by atoms with van der Waals surface area (Å²) < 4.78 is 7.57. The highest BCUT2D eigenvalue weighted by Gasteiger charge is 2.11. The topological polar surface area (TPSA) is 39.1 Å². The zero-order chi connectivity index (χ0) is 14.4. The van der Waals surface area contributed by atoms with E-state index in [0.29, 0.717) is 0 Å². The van der Waals surface area contributed by atoms with Crippen molar-refractivity contribution in [2.75, 3.05) is 18.5 Å². The Hall–Kier alpha value is -1.33. The molecule has 0 aromatic carbocycles. The van der Waals surface area contributed by atoms with Gasteiger partial charge in [0.15, 0.2) is 0 Å². The van der Waals surface area contributed by atoms with Crippen LogP contribution in [-0.2, 0) is 11.3 Å². The van der Waals surface area contributed by atoms with Gasteiger partial charge < -0.3 is 14.6 Å². The van der Waals surface area contributed by atoms with Crippen LogP contribution in [0.5, 0.6) is 0 Å². The van der Waals surface area contributed by atoms with Gasteiger partial charge in [0.2, 0.25) is 5.95 Å². The second-order valence-corrected chi connectivity index (χ2v) is 5.81. The molecule has 20 heavy (non-hydrogen) atoms. The van der Waals surface area contributed by atoms with Gasteiger partial charge in [-0.15, -0.1) is 11.3 Å². The van der Waals surface area contributed by atoms with Crippen molar-refractivity contribution in [1.82, 2.24) is 9.55 Å². The molecule has 2 rings (SSSR count). The molecule has 1 N–H and O–H groups in total. The Bertz CT molecular complexity index is 507. The van der Waals surface area contributed by atoms with Crippen molar-refractivity contribution in [3.05, 3.63) is 34.3 Å². The number of nitrogens with one attached hydrogen (secondary N) is 1. The van der Waals surface area contributed by atoms with E-state index in [-0.39, 0.29) is 6.04 Å². The molecule has 2 aromatic rings. The normalized spacial score (nSPS) is 12.6. The van der Waals surface area contributed by atoms with Crippen LogP contribution in [-0.4, -0.2) is 22.8 Å². The van der Waals surface area contributed by atoms with Crippen LogP contribution < -0.4 is 5.32 Å². The van der Waals surface area contributed by atoms with Gasteiger partial charge in [0.1, 0.15) is 0 Å². The Morgan fingerprint density at radius 3 is 3.05 bits per heavy atom. The Labute approximate surface area is 124 Å². The number of ether oxygens (including phenoxy) is 1. The van der Waals surface area contributed by atoms with E-state index in [9.17, 15) is 0 Å². The SMILES string of the molecule is CCOCCCn1cc(C)nc1NC(C)c1cccs1. The van der Waals surface area contributed by atoms with Gasteiger partial charge in [-0.3, -0.25) is 0 Å². The second-order valence-electron chi connectivity index (χ2n) is 4.83. The molecule has 0 aliphatic rings. The van der Waals surface area contributed by atoms with E-state index in [2.05, 4.69) is 45.5 Å². The average molecular weight is 293 g/mol. The van der Waals surface area contributed by atoms with Crippen LogP contribution in [0.3, 0.4) is 0 Å². The highest BCUT2D eigenvalue weighted by molar-refractivity contribution is 7.10. The van der Waals surface area contributed by atoms with Crippen LogP contribution >= 0.6 is 11.3 Å². The first kappa shape index (κ1) is 15.1. The van der Waals surface area contributed by atoms with E-state index in [4.69, 9.17) is 4.74 Å². The molecule has 1 unspecified atom stereocenters. The van der Waals surface area contributed by atoms with Crippen molar-refractivity contribution in [2.24, 2.45) is 0 Å². The van der Waals surface area contributed by atoms with Gasteiger partial charge in [0, 0.05) is 30.8 Å². The van der Waals surface area contributed by atoms with Crippen molar-refractivity contribution in [2.45, 2.75) is 39.8 Å². The lowest BCUT2D eigenvalue weighted by Gasteiger charge is -2.14. The first-order chi connectivity index (χ1) is 9.70. The lowest BCUT2D eigenvalue weighted by molar-refractivity contribution is 0.142. The third-order valence-electron chi connectivity index (χ3n) is 3.10. The third kappa shape index (κ3) is 4.08. The van der Waals surface area contributed by atoms with Crippen LogP contribution in [0, 0.1) is 6.92 Å². The standard InChI is InChI=1S/C15H23N3OS/c1-4-19-9-6-8-18-11-12(2)16-15(18)17-13(3)14-7-5-10-20-14/h5,7,10-11,13H,4,6,8-9H2,1-3H3,(H,16,17). The van der Waals surface area contributed by atoms with Crippen LogP contribution in [0.4, 0.5) is 5.95 Å². The number of aromatic nitrogens is 2. The molecule has 2 aromatic heterocycles. The number of rotatable bonds is 8. The van der Waals surface area contributed by atoms with E-state index in [0.717, 1.165) is 37.8 Å². The van der Waals surface area contributed by atoms with Gasteiger partial charge in [-0.2, -0.15) is 0 Å². The molecule has 4 nitrogen and oxygen atoms in total. The molecule has 2 heterocycles. The predicted octanol–water partition coefficient (Wildman–Crippen LogP) is 3.85. The molecular weight excluding hydrogens is 270 g/mol. The van der Waals surface area contributed by atoms with Gasteiger partial charge in [-0.25, -0.2) is 4.98 Å². The molecule has 110 valence electrons. The average Bonchev–Trinajstić information content (AvgIpc) is 3.05. The van der Waals surface area contributed by atoms with Crippen LogP contribution in [0.2, 0.25) is 0 Å². The van der Waals surface area contributed by atoms with Crippen molar-refractivity contribution in [3.63, 3.8) is 0 Å². The Morgan fingerprint density at radius 2 is 2.35 bits per heavy atom. The molecule has 0 amide bonds. The third-order valence-corrected chi connectivity index (χ3v) is 4.16. The summed E-state index contributed by atoms with van der Waals surface area (Å²) in [4.78, 5) is 5.90. The molecular formula is C15H23N3OS. The fourth-order valence-corrected chi connectivity index (χ4v) is 2.85. The Kier molecular flexibility index (Phi) is 5.61. The quantitative estimate of drug-likeness (QED) is 0.751. The van der Waals surface area contributed by atoms with Crippen LogP contribution in [0.25, 0.3) is 0 Å². The molecule has 0 aliphatic heterocycles. The van der Waals surface area contributed by atoms with Gasteiger partial charge in [0.25, 0.3) is 0 Å². The summed E-state index contributed by atoms with van der Waals surface area (Å²) in [5, 5.41) is 5.60. The zero-order valence-corrected chi connectivity index (χ0v) is 13.2. The summed E-state index contributed by atoms with van der Waals surface area (Å²) in [6, 6.07) is 4.51. The lowest BCUT2D eigenvalue weighted by Crippen LogP contribution is -2.11. The van der Waals surface area contributed by atoms with Gasteiger partial charge in [-0.05, 0) is 38.6 Å². The van der Waals surface area contributed by atoms with Gasteiger partial charge >= 0.3 is 0 Å². The highest BCUT2D eigenvalue weighted by atomic mass is 32.1. The molecule has 0 radical (unpaired) electrons. The maximum atomic E-state index is 5.39. The smallest absolute Gasteiger partial charge is 0.203 e. The van der Waals surface area contributed by atoms with Crippen LogP contribution in [0.1, 0.15) is 36.9 Å². The molecule has 5 heteroatoms. The van der Waals surface area contributed by atoms with Crippen molar-refractivity contribution in [1.29, 1.82) is 0 Å². The predicted molar refractivity (Wildman–Crippen MR) is 84.4 cm³/mol. The summed E-state index contributed by atoms with van der Waals surface area (Å²) in [6.07, 6.45) is 3.10. The Morgan fingerprint density at radius 1 is 1.50 bits per heavy atom. The number of hydrogen-bond donors (Lipinski definition) is 1. The summed E-state index contributed by atoms with van der Waals surface area (Å²) in [6.45, 7) is 8.73. The zero-order valence-electron chi connectivity index (χ0n) is 12.4. The first-order valence-electron chi connectivity index (χ1n) is 7.12. The van der Waals surface area contributed by atoms with Gasteiger partial charge in [-0.1, -0.05) is 6.07 Å². The van der Waals surface area contributed by atoms with Crippen molar-refractivity contribution in [3.8, 4) is 0 Å². The van der Waals surface area contributed by atoms with E-state index in [1.165, 1.54) is 4.88 Å². The number of anilines is 1. The summed E-state index contributed by atoms with van der Waals surface area (Å²) in [5.74, 6) is 0.944. The molecule has 0 aliphatic carbocycles. The minimum absolute atomic E-state index is 0.280. The van der Waals surface area contributed by atoms with E-state index >= 15 is 0 Å². The maximum absolute atomic E-state index is 5.39. The molecule has 0 saturated heterocycles. The number of aryl methyl sites for hydroxylation is 2. The van der Waals surface area contributed by atoms with Crippen molar-refractivity contribution >= 4 is 17.3 Å². The van der Waals surface area contributed by atoms with Crippen molar-refractivity contribution < 1.29 is 4.74 Å². The summed E-state index contributed by atoms with van der Waals surface area (Å²) in [7, 11) is 0. The highest BCUT2D eigenvalue weighted by Crippen LogP contribution is 2.22. The number of nitrogens with zero attached hydrogens (tertiary/aromatic N) is 2. The number of imidazole rings is 1. The Balaban J connectivity index is 1.96. The summed E-state index contributed by atoms with van der Waals surface area (Å²) in [5.41, 5.74) is 1.04. The summed E-state index contributed by atoms with van der Waals surface area (Å²) >= 11 is 1.77. The molecule has 0 fully saturated rings. The largest absolute Gasteiger partial charge is 0.382 e. The maximum Gasteiger partial charge on any atom is 0.203 e. The molecule has 0 bridgehead atoms. The molecule has 0 saturated carbocycles. The minimum atomic E-state index is 0.280. The van der Waals surface area contributed by atoms with E-state index in [1.807, 2.05) is 13.8 Å². The monoisotopic (exact) mass is 293 g/mol. The van der Waals surface area contributed by atoms with E-state index < -0.39 is 0 Å². The second kappa shape index (κ2) is 7.45. The first-order valence-corrected chi connectivity index (χ1v) is 8.00. The van der Waals surface area contributed by atoms with E-state index in [1.54, 1.807) is 11.3 Å². The lowest BCUT2D eigenvalue weighted by atomic mass is 10.3. The number of thiophene rings is 1. The molecule has 0 spiro atoms. The number of hydrogen-bond acceptors (Lipinski definition) is 4. The fourth-order valence-electron chi connectivity index (χ4n) is 2.12. The van der Waals surface area contributed by atoms with Gasteiger partial charge in [0.05, 0.1) is 11.7 Å². The molecule has 1 atom stereocenters. The fraction of sp³-hybridized carbons (Fsp3) is 0.533. The van der Waals surface area contributed by atoms with Crippen LogP contribution in [0.15, 0.2) is 23.7 Å².